The zero-order chi connectivity index (χ0) is 9.47. The van der Waals surface area contributed by atoms with Crippen LogP contribution in [0.2, 0.25) is 0 Å². The SMILES string of the molecule is CC1(C)CC1Nc1ncc(N)cn1. The van der Waals surface area contributed by atoms with Crippen molar-refractivity contribution in [3.63, 3.8) is 0 Å². The van der Waals surface area contributed by atoms with Crippen LogP contribution in [0.25, 0.3) is 0 Å². The van der Waals surface area contributed by atoms with E-state index in [4.69, 9.17) is 5.73 Å². The van der Waals surface area contributed by atoms with Crippen LogP contribution in [-0.4, -0.2) is 16.0 Å². The summed E-state index contributed by atoms with van der Waals surface area (Å²) in [5.41, 5.74) is 6.46. The maximum Gasteiger partial charge on any atom is 0.222 e. The van der Waals surface area contributed by atoms with Crippen molar-refractivity contribution in [2.24, 2.45) is 5.41 Å². The van der Waals surface area contributed by atoms with E-state index in [1.165, 1.54) is 6.42 Å². The van der Waals surface area contributed by atoms with Crippen LogP contribution in [0, 0.1) is 5.41 Å². The van der Waals surface area contributed by atoms with E-state index in [-0.39, 0.29) is 0 Å². The zero-order valence-corrected chi connectivity index (χ0v) is 7.91. The van der Waals surface area contributed by atoms with E-state index < -0.39 is 0 Å². The molecule has 1 saturated carbocycles. The lowest BCUT2D eigenvalue weighted by Gasteiger charge is -2.05. The van der Waals surface area contributed by atoms with E-state index in [0.717, 1.165) is 0 Å². The molecule has 0 radical (unpaired) electrons. The Morgan fingerprint density at radius 1 is 1.46 bits per heavy atom. The smallest absolute Gasteiger partial charge is 0.222 e. The molecule has 3 N–H and O–H groups in total. The third-order valence-electron chi connectivity index (χ3n) is 2.49. The topological polar surface area (TPSA) is 63.8 Å². The highest BCUT2D eigenvalue weighted by atomic mass is 15.1. The third-order valence-corrected chi connectivity index (χ3v) is 2.49. The van der Waals surface area contributed by atoms with Crippen molar-refractivity contribution in [3.8, 4) is 0 Å². The number of nitrogens with two attached hydrogens (primary N) is 1. The molecule has 0 aliphatic heterocycles. The fraction of sp³-hybridized carbons (Fsp3) is 0.556. The molecule has 13 heavy (non-hydrogen) atoms. The summed E-state index contributed by atoms with van der Waals surface area (Å²) in [5, 5.41) is 3.26. The monoisotopic (exact) mass is 178 g/mol. The Balaban J connectivity index is 2.00. The van der Waals surface area contributed by atoms with Crippen molar-refractivity contribution >= 4 is 11.6 Å². The molecule has 4 nitrogen and oxygen atoms in total. The van der Waals surface area contributed by atoms with Crippen LogP contribution in [0.3, 0.4) is 0 Å². The van der Waals surface area contributed by atoms with Crippen LogP contribution in [-0.2, 0) is 0 Å². The minimum absolute atomic E-state index is 0.394. The summed E-state index contributed by atoms with van der Waals surface area (Å²) in [6, 6.07) is 0.510. The average molecular weight is 178 g/mol. The first-order chi connectivity index (χ1) is 6.08. The van der Waals surface area contributed by atoms with Crippen LogP contribution >= 0.6 is 0 Å². The number of hydrogen-bond donors (Lipinski definition) is 2. The molecule has 70 valence electrons. The van der Waals surface area contributed by atoms with Crippen LogP contribution in [0.15, 0.2) is 12.4 Å². The van der Waals surface area contributed by atoms with Crippen molar-refractivity contribution in [1.29, 1.82) is 0 Å². The summed E-state index contributed by atoms with van der Waals surface area (Å²) in [5.74, 6) is 0.671. The Kier molecular flexibility index (Phi) is 1.65. The molecule has 1 atom stereocenters. The fourth-order valence-corrected chi connectivity index (χ4v) is 1.28. The Morgan fingerprint density at radius 2 is 2.00 bits per heavy atom. The van der Waals surface area contributed by atoms with Crippen molar-refractivity contribution in [1.82, 2.24) is 9.97 Å². The normalized spacial score (nSPS) is 24.0. The molecule has 2 rings (SSSR count). The molecule has 0 bridgehead atoms. The molecule has 1 aliphatic carbocycles. The molecule has 1 fully saturated rings. The van der Waals surface area contributed by atoms with Gasteiger partial charge in [-0.2, -0.15) is 0 Å². The van der Waals surface area contributed by atoms with E-state index >= 15 is 0 Å². The quantitative estimate of drug-likeness (QED) is 0.715. The molecule has 1 aromatic heterocycles. The van der Waals surface area contributed by atoms with Gasteiger partial charge in [0.25, 0.3) is 0 Å². The molecule has 4 heteroatoms. The summed E-state index contributed by atoms with van der Waals surface area (Å²) in [6.07, 6.45) is 4.41. The highest BCUT2D eigenvalue weighted by Gasteiger charge is 2.46. The molecule has 0 amide bonds. The van der Waals surface area contributed by atoms with E-state index in [9.17, 15) is 0 Å². The van der Waals surface area contributed by atoms with Gasteiger partial charge in [-0.25, -0.2) is 9.97 Å². The van der Waals surface area contributed by atoms with E-state index in [0.29, 0.717) is 23.1 Å². The van der Waals surface area contributed by atoms with Gasteiger partial charge in [0.05, 0.1) is 18.1 Å². The van der Waals surface area contributed by atoms with Gasteiger partial charge in [0.15, 0.2) is 0 Å². The van der Waals surface area contributed by atoms with Gasteiger partial charge in [0.1, 0.15) is 0 Å². The predicted octanol–water partition coefficient (Wildman–Crippen LogP) is 1.27. The summed E-state index contributed by atoms with van der Waals surface area (Å²) < 4.78 is 0. The Hall–Kier alpha value is -1.32. The van der Waals surface area contributed by atoms with Crippen molar-refractivity contribution in [2.75, 3.05) is 11.1 Å². The number of hydrogen-bond acceptors (Lipinski definition) is 4. The summed E-state index contributed by atoms with van der Waals surface area (Å²) in [4.78, 5) is 8.15. The largest absolute Gasteiger partial charge is 0.396 e. The van der Waals surface area contributed by atoms with Crippen LogP contribution in [0.4, 0.5) is 11.6 Å². The van der Waals surface area contributed by atoms with Gasteiger partial charge in [-0.3, -0.25) is 0 Å². The number of nitrogens with one attached hydrogen (secondary N) is 1. The zero-order valence-electron chi connectivity index (χ0n) is 7.91. The maximum absolute atomic E-state index is 5.47. The second kappa shape index (κ2) is 2.58. The van der Waals surface area contributed by atoms with Gasteiger partial charge < -0.3 is 11.1 Å². The van der Waals surface area contributed by atoms with Crippen LogP contribution in [0.5, 0.6) is 0 Å². The molecule has 1 unspecified atom stereocenters. The molecular weight excluding hydrogens is 164 g/mol. The summed E-state index contributed by atoms with van der Waals surface area (Å²) in [6.45, 7) is 4.45. The molecular formula is C9H14N4. The summed E-state index contributed by atoms with van der Waals surface area (Å²) >= 11 is 0. The minimum atomic E-state index is 0.394. The number of nitrogens with zero attached hydrogens (tertiary/aromatic N) is 2. The Labute approximate surface area is 77.6 Å². The Morgan fingerprint density at radius 3 is 2.46 bits per heavy atom. The molecule has 1 aliphatic rings. The lowest BCUT2D eigenvalue weighted by Crippen LogP contribution is -2.10. The Bertz CT molecular complexity index is 304. The number of anilines is 2. The van der Waals surface area contributed by atoms with Crippen molar-refractivity contribution in [2.45, 2.75) is 26.3 Å². The molecule has 1 aromatic rings. The van der Waals surface area contributed by atoms with Gasteiger partial charge in [0.2, 0.25) is 5.95 Å². The van der Waals surface area contributed by atoms with Gasteiger partial charge in [-0.15, -0.1) is 0 Å². The van der Waals surface area contributed by atoms with Gasteiger partial charge in [-0.05, 0) is 11.8 Å². The highest BCUT2D eigenvalue weighted by Crippen LogP contribution is 2.46. The van der Waals surface area contributed by atoms with Crippen LogP contribution in [0.1, 0.15) is 20.3 Å². The molecule has 0 aromatic carbocycles. The molecule has 0 saturated heterocycles. The molecule has 1 heterocycles. The average Bonchev–Trinajstić information content (AvgIpc) is 2.64. The fourth-order valence-electron chi connectivity index (χ4n) is 1.28. The first-order valence-electron chi connectivity index (χ1n) is 4.42. The van der Waals surface area contributed by atoms with Gasteiger partial charge in [0, 0.05) is 6.04 Å². The third kappa shape index (κ3) is 1.71. The number of nitrogen functional groups attached to an aromatic ring is 1. The second-order valence-corrected chi connectivity index (χ2v) is 4.23. The van der Waals surface area contributed by atoms with Gasteiger partial charge in [-0.1, -0.05) is 13.8 Å². The van der Waals surface area contributed by atoms with E-state index in [1.807, 2.05) is 0 Å². The number of aromatic nitrogens is 2. The lowest BCUT2D eigenvalue weighted by atomic mass is 10.2. The van der Waals surface area contributed by atoms with Crippen LogP contribution < -0.4 is 11.1 Å². The minimum Gasteiger partial charge on any atom is -0.396 e. The van der Waals surface area contributed by atoms with Gasteiger partial charge >= 0.3 is 0 Å². The van der Waals surface area contributed by atoms with Crippen molar-refractivity contribution in [3.05, 3.63) is 12.4 Å². The van der Waals surface area contributed by atoms with E-state index in [1.54, 1.807) is 12.4 Å². The van der Waals surface area contributed by atoms with E-state index in [2.05, 4.69) is 29.1 Å². The first kappa shape index (κ1) is 8.29. The first-order valence-corrected chi connectivity index (χ1v) is 4.42. The van der Waals surface area contributed by atoms with Crippen molar-refractivity contribution < 1.29 is 0 Å². The second-order valence-electron chi connectivity index (χ2n) is 4.23. The predicted molar refractivity (Wildman–Crippen MR) is 52.3 cm³/mol. The maximum atomic E-state index is 5.47. The lowest BCUT2D eigenvalue weighted by molar-refractivity contribution is 0.629. The summed E-state index contributed by atoms with van der Waals surface area (Å²) in [7, 11) is 0. The highest BCUT2D eigenvalue weighted by molar-refractivity contribution is 5.38. The molecule has 0 spiro atoms. The standard InChI is InChI=1S/C9H14N4/c1-9(2)3-7(9)13-8-11-4-6(10)5-12-8/h4-5,7H,3,10H2,1-2H3,(H,11,12,13). The number of rotatable bonds is 2.